The van der Waals surface area contributed by atoms with Crippen LogP contribution in [-0.4, -0.2) is 35.8 Å². The molecule has 2 aromatic carbocycles. The molecule has 2 atom stereocenters. The van der Waals surface area contributed by atoms with Crippen molar-refractivity contribution in [2.75, 3.05) is 13.1 Å². The number of carbonyl (C=O) groups excluding carboxylic acids is 1. The van der Waals surface area contributed by atoms with Crippen LogP contribution < -0.4 is 10.6 Å². The van der Waals surface area contributed by atoms with Crippen LogP contribution in [0.1, 0.15) is 36.3 Å². The monoisotopic (exact) mass is 425 g/mol. The number of amides is 1. The molecule has 3 aromatic rings. The van der Waals surface area contributed by atoms with E-state index in [-0.39, 0.29) is 36.1 Å². The molecule has 2 saturated heterocycles. The first-order chi connectivity index (χ1) is 14.2. The number of aromatic nitrogens is 1. The lowest BCUT2D eigenvalue weighted by Crippen LogP contribution is -2.51. The number of piperidine rings is 1. The first kappa shape index (κ1) is 20.8. The van der Waals surface area contributed by atoms with E-state index in [9.17, 15) is 4.79 Å². The zero-order valence-electron chi connectivity index (χ0n) is 16.9. The van der Waals surface area contributed by atoms with Crippen molar-refractivity contribution in [2.24, 2.45) is 0 Å². The second-order valence-electron chi connectivity index (χ2n) is 8.31. The summed E-state index contributed by atoms with van der Waals surface area (Å²) >= 11 is 0. The number of fused-ring (bicyclic) bond motifs is 1. The van der Waals surface area contributed by atoms with Crippen LogP contribution in [0.2, 0.25) is 0 Å². The molecule has 2 unspecified atom stereocenters. The molecule has 0 aliphatic carbocycles. The predicted octanol–water partition coefficient (Wildman–Crippen LogP) is 4.54. The highest BCUT2D eigenvalue weighted by molar-refractivity contribution is 5.85. The van der Waals surface area contributed by atoms with Crippen LogP contribution in [0.3, 0.4) is 0 Å². The number of hydrogen-bond donors (Lipinski definition) is 3. The van der Waals surface area contributed by atoms with Gasteiger partial charge in [0.1, 0.15) is 5.60 Å². The summed E-state index contributed by atoms with van der Waals surface area (Å²) in [4.78, 5) is 15.6. The van der Waals surface area contributed by atoms with E-state index in [1.54, 1.807) is 0 Å². The number of alkyl carbamates (subject to hydrolysis) is 1. The van der Waals surface area contributed by atoms with Crippen molar-refractivity contribution in [2.45, 2.75) is 43.2 Å². The minimum Gasteiger partial charge on any atom is -0.441 e. The van der Waals surface area contributed by atoms with Gasteiger partial charge in [-0.1, -0.05) is 48.5 Å². The summed E-state index contributed by atoms with van der Waals surface area (Å²) in [5.41, 5.74) is 3.40. The SMILES string of the molecule is Cl.O=C1NC(CC(Cc2ccccc2)c2c[nH]c3ccccc23)C2(CCNCC2)O1. The molecule has 0 radical (unpaired) electrons. The van der Waals surface area contributed by atoms with Gasteiger partial charge in [-0.2, -0.15) is 0 Å². The number of halogens is 1. The minimum atomic E-state index is -0.386. The van der Waals surface area contributed by atoms with Crippen LogP contribution in [0.5, 0.6) is 0 Å². The quantitative estimate of drug-likeness (QED) is 0.562. The molecule has 2 aliphatic heterocycles. The molecule has 1 aromatic heterocycles. The van der Waals surface area contributed by atoms with Crippen LogP contribution in [-0.2, 0) is 11.2 Å². The fourth-order valence-corrected chi connectivity index (χ4v) is 5.07. The van der Waals surface area contributed by atoms with E-state index in [1.165, 1.54) is 16.5 Å². The fourth-order valence-electron chi connectivity index (χ4n) is 5.07. The van der Waals surface area contributed by atoms with Crippen molar-refractivity contribution in [3.05, 3.63) is 71.9 Å². The fraction of sp³-hybridized carbons (Fsp3) is 0.375. The molecule has 0 bridgehead atoms. The lowest BCUT2D eigenvalue weighted by molar-refractivity contribution is 0.00715. The molecule has 5 rings (SSSR count). The molecule has 2 fully saturated rings. The highest BCUT2D eigenvalue weighted by Gasteiger charge is 2.50. The van der Waals surface area contributed by atoms with E-state index < -0.39 is 0 Å². The van der Waals surface area contributed by atoms with Crippen molar-refractivity contribution in [1.29, 1.82) is 0 Å². The van der Waals surface area contributed by atoms with Crippen molar-refractivity contribution in [3.63, 3.8) is 0 Å². The summed E-state index contributed by atoms with van der Waals surface area (Å²) < 4.78 is 5.86. The van der Waals surface area contributed by atoms with Gasteiger partial charge in [0.05, 0.1) is 6.04 Å². The van der Waals surface area contributed by atoms with Crippen molar-refractivity contribution in [3.8, 4) is 0 Å². The van der Waals surface area contributed by atoms with E-state index >= 15 is 0 Å². The van der Waals surface area contributed by atoms with Crippen LogP contribution in [0.4, 0.5) is 4.79 Å². The number of carbonyl (C=O) groups is 1. The summed E-state index contributed by atoms with van der Waals surface area (Å²) in [5, 5.41) is 7.80. The van der Waals surface area contributed by atoms with Crippen LogP contribution in [0, 0.1) is 0 Å². The molecule has 30 heavy (non-hydrogen) atoms. The molecule has 2 aliphatic rings. The molecule has 5 nitrogen and oxygen atoms in total. The van der Waals surface area contributed by atoms with Gasteiger partial charge in [-0.15, -0.1) is 12.4 Å². The maximum absolute atomic E-state index is 12.2. The Morgan fingerprint density at radius 3 is 2.57 bits per heavy atom. The first-order valence-corrected chi connectivity index (χ1v) is 10.5. The zero-order chi connectivity index (χ0) is 19.7. The Kier molecular flexibility index (Phi) is 6.02. The number of benzene rings is 2. The molecular formula is C24H28ClN3O2. The molecule has 3 heterocycles. The highest BCUT2D eigenvalue weighted by Crippen LogP contribution is 2.39. The van der Waals surface area contributed by atoms with Gasteiger partial charge in [0.15, 0.2) is 0 Å². The van der Waals surface area contributed by atoms with E-state index in [4.69, 9.17) is 4.74 Å². The Labute approximate surface area is 183 Å². The first-order valence-electron chi connectivity index (χ1n) is 10.5. The Morgan fingerprint density at radius 1 is 1.03 bits per heavy atom. The van der Waals surface area contributed by atoms with Crippen molar-refractivity contribution < 1.29 is 9.53 Å². The number of rotatable bonds is 5. The van der Waals surface area contributed by atoms with Gasteiger partial charge in [0.25, 0.3) is 0 Å². The number of para-hydroxylation sites is 1. The Bertz CT molecular complexity index is 998. The molecule has 1 spiro atoms. The second-order valence-corrected chi connectivity index (χ2v) is 8.31. The van der Waals surface area contributed by atoms with E-state index in [0.717, 1.165) is 44.3 Å². The number of ether oxygens (including phenoxy) is 1. The third-order valence-corrected chi connectivity index (χ3v) is 6.58. The van der Waals surface area contributed by atoms with E-state index in [1.807, 2.05) is 0 Å². The van der Waals surface area contributed by atoms with Crippen molar-refractivity contribution in [1.82, 2.24) is 15.6 Å². The summed E-state index contributed by atoms with van der Waals surface area (Å²) in [6, 6.07) is 19.1. The van der Waals surface area contributed by atoms with Gasteiger partial charge in [-0.05, 0) is 49.0 Å². The molecular weight excluding hydrogens is 398 g/mol. The Balaban J connectivity index is 0.00000218. The van der Waals surface area contributed by atoms with Crippen LogP contribution in [0.15, 0.2) is 60.8 Å². The number of H-pyrrole nitrogens is 1. The van der Waals surface area contributed by atoms with Gasteiger partial charge in [-0.3, -0.25) is 0 Å². The number of aromatic amines is 1. The van der Waals surface area contributed by atoms with E-state index in [2.05, 4.69) is 76.4 Å². The average Bonchev–Trinajstić information content (AvgIpc) is 3.30. The van der Waals surface area contributed by atoms with Crippen LogP contribution in [0.25, 0.3) is 10.9 Å². The molecule has 0 saturated carbocycles. The molecule has 158 valence electrons. The minimum absolute atomic E-state index is 0. The molecule has 1 amide bonds. The lowest BCUT2D eigenvalue weighted by Gasteiger charge is -2.37. The van der Waals surface area contributed by atoms with Gasteiger partial charge >= 0.3 is 6.09 Å². The standard InChI is InChI=1S/C24H27N3O2.ClH/c28-23-27-22(24(29-23)10-12-25-13-11-24)15-18(14-17-6-2-1-3-7-17)20-16-26-21-9-5-4-8-19(20)21;/h1-9,16,18,22,25-26H,10-15H2,(H,27,28);1H. The van der Waals surface area contributed by atoms with Crippen molar-refractivity contribution >= 4 is 29.4 Å². The normalized spacial score (nSPS) is 21.1. The largest absolute Gasteiger partial charge is 0.441 e. The molecule has 3 N–H and O–H groups in total. The van der Waals surface area contributed by atoms with Gasteiger partial charge < -0.3 is 20.4 Å². The van der Waals surface area contributed by atoms with Crippen LogP contribution >= 0.6 is 12.4 Å². The predicted molar refractivity (Wildman–Crippen MR) is 121 cm³/mol. The van der Waals surface area contributed by atoms with Gasteiger partial charge in [0.2, 0.25) is 0 Å². The highest BCUT2D eigenvalue weighted by atomic mass is 35.5. The summed E-state index contributed by atoms with van der Waals surface area (Å²) in [6.07, 6.45) is 5.40. The van der Waals surface area contributed by atoms with Gasteiger partial charge in [0, 0.05) is 29.9 Å². The summed E-state index contributed by atoms with van der Waals surface area (Å²) in [5.74, 6) is 0.285. The summed E-state index contributed by atoms with van der Waals surface area (Å²) in [6.45, 7) is 1.78. The summed E-state index contributed by atoms with van der Waals surface area (Å²) in [7, 11) is 0. The number of hydrogen-bond acceptors (Lipinski definition) is 3. The molecule has 6 heteroatoms. The van der Waals surface area contributed by atoms with Gasteiger partial charge in [-0.25, -0.2) is 4.79 Å². The third kappa shape index (κ3) is 3.92. The zero-order valence-corrected chi connectivity index (χ0v) is 17.7. The Morgan fingerprint density at radius 2 is 1.77 bits per heavy atom. The maximum atomic E-state index is 12.2. The maximum Gasteiger partial charge on any atom is 0.408 e. The Hall–Kier alpha value is -2.50. The second kappa shape index (κ2) is 8.70. The van der Waals surface area contributed by atoms with E-state index in [0.29, 0.717) is 0 Å². The smallest absolute Gasteiger partial charge is 0.408 e. The number of nitrogens with one attached hydrogen (secondary N) is 3. The lowest BCUT2D eigenvalue weighted by atomic mass is 9.78. The average molecular weight is 426 g/mol. The topological polar surface area (TPSA) is 66.2 Å². The third-order valence-electron chi connectivity index (χ3n) is 6.58.